The van der Waals surface area contributed by atoms with Crippen molar-refractivity contribution in [2.45, 2.75) is 63.3 Å². The van der Waals surface area contributed by atoms with E-state index >= 15 is 0 Å². The number of aliphatic hydroxyl groups is 1. The zero-order valence-corrected chi connectivity index (χ0v) is 16.4. The largest absolute Gasteiger partial charge is 0.497 e. The lowest BCUT2D eigenvalue weighted by molar-refractivity contribution is -0.138. The van der Waals surface area contributed by atoms with Gasteiger partial charge in [-0.2, -0.15) is 0 Å². The Kier molecular flexibility index (Phi) is 7.28. The molecule has 2 amide bonds. The van der Waals surface area contributed by atoms with Gasteiger partial charge in [0.15, 0.2) is 0 Å². The molecule has 1 aromatic carbocycles. The van der Waals surface area contributed by atoms with Crippen molar-refractivity contribution in [2.75, 3.05) is 13.7 Å². The van der Waals surface area contributed by atoms with Crippen LogP contribution in [0.4, 0.5) is 0 Å². The molecule has 2 fully saturated rings. The normalized spacial score (nSPS) is 24.9. The van der Waals surface area contributed by atoms with Crippen LogP contribution in [0.1, 0.15) is 44.1 Å². The molecule has 3 atom stereocenters. The molecule has 0 bridgehead atoms. The van der Waals surface area contributed by atoms with Crippen LogP contribution in [0.2, 0.25) is 0 Å². The monoisotopic (exact) mass is 390 g/mol. The van der Waals surface area contributed by atoms with Gasteiger partial charge in [0.1, 0.15) is 11.9 Å². The van der Waals surface area contributed by atoms with E-state index in [0.717, 1.165) is 30.6 Å². The molecular formula is C21H30N2O5. The molecule has 1 aliphatic heterocycles. The zero-order valence-electron chi connectivity index (χ0n) is 16.4. The molecule has 1 aliphatic carbocycles. The third-order valence-electron chi connectivity index (χ3n) is 5.64. The summed E-state index contributed by atoms with van der Waals surface area (Å²) in [6.07, 6.45) is 3.90. The Labute approximate surface area is 165 Å². The summed E-state index contributed by atoms with van der Waals surface area (Å²) in [5.41, 5.74) is 0.962. The number of amides is 2. The second-order valence-electron chi connectivity index (χ2n) is 7.63. The highest BCUT2D eigenvalue weighted by Crippen LogP contribution is 2.28. The van der Waals surface area contributed by atoms with Crippen LogP contribution < -0.4 is 15.4 Å². The number of hydrogen-bond acceptors (Lipinski definition) is 5. The fraction of sp³-hybridized carbons (Fsp3) is 0.619. The van der Waals surface area contributed by atoms with Crippen molar-refractivity contribution in [1.29, 1.82) is 0 Å². The molecule has 1 saturated carbocycles. The highest BCUT2D eigenvalue weighted by atomic mass is 16.5. The van der Waals surface area contributed by atoms with Crippen molar-refractivity contribution in [3.63, 3.8) is 0 Å². The summed E-state index contributed by atoms with van der Waals surface area (Å²) in [7, 11) is 1.61. The molecule has 3 rings (SSSR count). The van der Waals surface area contributed by atoms with Crippen molar-refractivity contribution in [3.8, 4) is 5.75 Å². The molecule has 2 aliphatic rings. The van der Waals surface area contributed by atoms with Crippen LogP contribution in [-0.2, 0) is 20.9 Å². The summed E-state index contributed by atoms with van der Waals surface area (Å²) in [5.74, 6) is 0.830. The minimum absolute atomic E-state index is 0.0628. The Bertz CT molecular complexity index is 677. The quantitative estimate of drug-likeness (QED) is 0.625. The van der Waals surface area contributed by atoms with Crippen LogP contribution in [0, 0.1) is 5.92 Å². The van der Waals surface area contributed by atoms with E-state index in [4.69, 9.17) is 9.47 Å². The van der Waals surface area contributed by atoms with Crippen LogP contribution >= 0.6 is 0 Å². The van der Waals surface area contributed by atoms with Gasteiger partial charge < -0.3 is 25.2 Å². The highest BCUT2D eigenvalue weighted by Gasteiger charge is 2.35. The average Bonchev–Trinajstić information content (AvgIpc) is 2.66. The Morgan fingerprint density at radius 2 is 2.07 bits per heavy atom. The van der Waals surface area contributed by atoms with E-state index in [0.29, 0.717) is 19.4 Å². The van der Waals surface area contributed by atoms with Gasteiger partial charge in [0.05, 0.1) is 32.3 Å². The Hall–Kier alpha value is -2.12. The Morgan fingerprint density at radius 1 is 1.25 bits per heavy atom. The molecule has 7 nitrogen and oxygen atoms in total. The maximum absolute atomic E-state index is 12.3. The molecular weight excluding hydrogens is 360 g/mol. The molecule has 28 heavy (non-hydrogen) atoms. The summed E-state index contributed by atoms with van der Waals surface area (Å²) < 4.78 is 11.1. The highest BCUT2D eigenvalue weighted by molar-refractivity contribution is 5.79. The summed E-state index contributed by atoms with van der Waals surface area (Å²) in [6.45, 7) is 0.254. The van der Waals surface area contributed by atoms with Gasteiger partial charge in [-0.3, -0.25) is 9.59 Å². The molecule has 0 radical (unpaired) electrons. The molecule has 0 spiro atoms. The maximum Gasteiger partial charge on any atom is 0.223 e. The van der Waals surface area contributed by atoms with Crippen LogP contribution in [0.25, 0.3) is 0 Å². The van der Waals surface area contributed by atoms with Crippen LogP contribution in [0.5, 0.6) is 5.75 Å². The standard InChI is InChI=1S/C21H30N2O5/c1-27-16-7-2-4-14(10-16)12-22-20(25)11-17-8-9-18(19(13-24)28-17)23-21(26)15-5-3-6-15/h2,4,7,10,15,17-19,24H,3,5-6,8-9,11-13H2,1H3,(H,22,25)(H,23,26)/t17-,18+,19+/m0/s1. The van der Waals surface area contributed by atoms with E-state index in [1.54, 1.807) is 7.11 Å². The smallest absolute Gasteiger partial charge is 0.223 e. The van der Waals surface area contributed by atoms with E-state index in [9.17, 15) is 14.7 Å². The number of hydrogen-bond donors (Lipinski definition) is 3. The summed E-state index contributed by atoms with van der Waals surface area (Å²) in [4.78, 5) is 24.4. The number of benzene rings is 1. The predicted octanol–water partition coefficient (Wildman–Crippen LogP) is 1.53. The van der Waals surface area contributed by atoms with Crippen LogP contribution in [0.3, 0.4) is 0 Å². The van der Waals surface area contributed by atoms with E-state index in [1.165, 1.54) is 0 Å². The number of ether oxygens (including phenoxy) is 2. The zero-order chi connectivity index (χ0) is 19.9. The van der Waals surface area contributed by atoms with Crippen molar-refractivity contribution < 1.29 is 24.2 Å². The number of aliphatic hydroxyl groups excluding tert-OH is 1. The summed E-state index contributed by atoms with van der Waals surface area (Å²) in [5, 5.41) is 15.6. The molecule has 7 heteroatoms. The fourth-order valence-electron chi connectivity index (χ4n) is 3.68. The van der Waals surface area contributed by atoms with Gasteiger partial charge >= 0.3 is 0 Å². The lowest BCUT2D eigenvalue weighted by Crippen LogP contribution is -2.53. The van der Waals surface area contributed by atoms with Gasteiger partial charge in [0.2, 0.25) is 11.8 Å². The first-order valence-corrected chi connectivity index (χ1v) is 10.1. The van der Waals surface area contributed by atoms with Gasteiger partial charge in [-0.1, -0.05) is 18.6 Å². The number of rotatable bonds is 8. The van der Waals surface area contributed by atoms with Crippen molar-refractivity contribution >= 4 is 11.8 Å². The molecule has 154 valence electrons. The molecule has 1 heterocycles. The molecule has 0 unspecified atom stereocenters. The Morgan fingerprint density at radius 3 is 2.75 bits per heavy atom. The molecule has 3 N–H and O–H groups in total. The first-order valence-electron chi connectivity index (χ1n) is 10.1. The number of nitrogens with one attached hydrogen (secondary N) is 2. The fourth-order valence-corrected chi connectivity index (χ4v) is 3.68. The molecule has 1 aromatic rings. The van der Waals surface area contributed by atoms with Gasteiger partial charge in [-0.05, 0) is 43.4 Å². The summed E-state index contributed by atoms with van der Waals surface area (Å²) in [6, 6.07) is 7.37. The first-order chi connectivity index (χ1) is 13.6. The van der Waals surface area contributed by atoms with E-state index < -0.39 is 6.10 Å². The predicted molar refractivity (Wildman–Crippen MR) is 104 cm³/mol. The third kappa shape index (κ3) is 5.45. The minimum Gasteiger partial charge on any atom is -0.497 e. The van der Waals surface area contributed by atoms with Gasteiger partial charge in [-0.15, -0.1) is 0 Å². The first kappa shape index (κ1) is 20.6. The number of carbonyl (C=O) groups excluding carboxylic acids is 2. The van der Waals surface area contributed by atoms with Gasteiger partial charge in [0, 0.05) is 12.5 Å². The second-order valence-corrected chi connectivity index (χ2v) is 7.63. The van der Waals surface area contributed by atoms with Gasteiger partial charge in [0.25, 0.3) is 0 Å². The van der Waals surface area contributed by atoms with Crippen molar-refractivity contribution in [1.82, 2.24) is 10.6 Å². The van der Waals surface area contributed by atoms with Crippen LogP contribution in [-0.4, -0.2) is 48.9 Å². The van der Waals surface area contributed by atoms with Crippen molar-refractivity contribution in [2.24, 2.45) is 5.92 Å². The van der Waals surface area contributed by atoms with Crippen molar-refractivity contribution in [3.05, 3.63) is 29.8 Å². The third-order valence-corrected chi connectivity index (χ3v) is 5.64. The summed E-state index contributed by atoms with van der Waals surface area (Å²) >= 11 is 0. The van der Waals surface area contributed by atoms with E-state index in [-0.39, 0.29) is 42.9 Å². The lowest BCUT2D eigenvalue weighted by Gasteiger charge is -2.37. The molecule has 0 aromatic heterocycles. The topological polar surface area (TPSA) is 96.9 Å². The lowest BCUT2D eigenvalue weighted by atomic mass is 9.84. The minimum atomic E-state index is -0.464. The van der Waals surface area contributed by atoms with E-state index in [1.807, 2.05) is 24.3 Å². The Balaban J connectivity index is 1.43. The SMILES string of the molecule is COc1cccc(CNC(=O)C[C@@H]2CC[C@@H](NC(=O)C3CCC3)[C@@H](CO)O2)c1. The molecule has 1 saturated heterocycles. The number of methoxy groups -OCH3 is 1. The van der Waals surface area contributed by atoms with Gasteiger partial charge in [-0.25, -0.2) is 0 Å². The second kappa shape index (κ2) is 9.89. The van der Waals surface area contributed by atoms with Crippen LogP contribution in [0.15, 0.2) is 24.3 Å². The number of carbonyl (C=O) groups is 2. The van der Waals surface area contributed by atoms with E-state index in [2.05, 4.69) is 10.6 Å². The maximum atomic E-state index is 12.3. The average molecular weight is 390 g/mol.